The van der Waals surface area contributed by atoms with Crippen molar-refractivity contribution in [1.82, 2.24) is 0 Å². The largest absolute Gasteiger partial charge is 0.479 e. The maximum Gasteiger partial charge on any atom is 0.338 e. The molecule has 0 spiro atoms. The number of hydrogen-bond acceptors (Lipinski definition) is 6. The van der Waals surface area contributed by atoms with Gasteiger partial charge in [0.25, 0.3) is 11.1 Å². The molecular weight excluding hydrogens is 228 g/mol. The van der Waals surface area contributed by atoms with Gasteiger partial charge in [0.2, 0.25) is 0 Å². The molecule has 0 heterocycles. The lowest BCUT2D eigenvalue weighted by Gasteiger charge is -2.31. The Balaban J connectivity index is 6.05. The Hall–Kier alpha value is -2.20. The highest BCUT2D eigenvalue weighted by molar-refractivity contribution is 6.19. The molecule has 10 nitrogen and oxygen atoms in total. The summed E-state index contributed by atoms with van der Waals surface area (Å²) in [6.07, 6.45) is 0. The van der Waals surface area contributed by atoms with Crippen molar-refractivity contribution >= 4 is 23.9 Å². The van der Waals surface area contributed by atoms with Gasteiger partial charge < -0.3 is 31.9 Å². The summed E-state index contributed by atoms with van der Waals surface area (Å²) in [4.78, 5) is 42.4. The number of nitrogens with two attached hydrogens (primary N) is 2. The van der Waals surface area contributed by atoms with Gasteiger partial charge in [-0.3, -0.25) is 0 Å². The number of carboxylic acid groups (broad SMARTS) is 4. The van der Waals surface area contributed by atoms with Crippen LogP contribution in [0.25, 0.3) is 0 Å². The molecule has 90 valence electrons. The molecule has 0 aromatic heterocycles. The van der Waals surface area contributed by atoms with E-state index < -0.39 is 35.0 Å². The van der Waals surface area contributed by atoms with Crippen LogP contribution in [0.15, 0.2) is 0 Å². The summed E-state index contributed by atoms with van der Waals surface area (Å²) in [5, 5.41) is 34.1. The lowest BCUT2D eigenvalue weighted by molar-refractivity contribution is -0.176. The summed E-state index contributed by atoms with van der Waals surface area (Å²) in [7, 11) is 0. The first-order chi connectivity index (χ1) is 7.02. The number of carboxylic acids is 4. The molecule has 0 aromatic carbocycles. The molecule has 0 saturated carbocycles. The zero-order chi connectivity index (χ0) is 13.3. The van der Waals surface area contributed by atoms with Gasteiger partial charge >= 0.3 is 23.9 Å². The second kappa shape index (κ2) is 3.75. The fraction of sp³-hybridized carbons (Fsp3) is 0.333. The van der Waals surface area contributed by atoms with E-state index in [1.54, 1.807) is 0 Å². The van der Waals surface area contributed by atoms with Gasteiger partial charge in [0.15, 0.2) is 0 Å². The van der Waals surface area contributed by atoms with E-state index in [-0.39, 0.29) is 0 Å². The number of aliphatic carboxylic acids is 4. The SMILES string of the molecule is NC(C(=O)O)(C(=O)O)C(N)(C(=O)O)C(=O)O. The summed E-state index contributed by atoms with van der Waals surface area (Å²) in [5.41, 5.74) is 2.18. The lowest BCUT2D eigenvalue weighted by Crippen LogP contribution is -2.80. The Morgan fingerprint density at radius 2 is 0.750 bits per heavy atom. The minimum atomic E-state index is -3.69. The summed E-state index contributed by atoms with van der Waals surface area (Å²) in [5.74, 6) is -9.53. The van der Waals surface area contributed by atoms with Crippen molar-refractivity contribution in [2.24, 2.45) is 11.5 Å². The van der Waals surface area contributed by atoms with Crippen LogP contribution in [0.5, 0.6) is 0 Å². The average Bonchev–Trinajstić information content (AvgIpc) is 2.13. The van der Waals surface area contributed by atoms with E-state index >= 15 is 0 Å². The van der Waals surface area contributed by atoms with Crippen molar-refractivity contribution < 1.29 is 39.6 Å². The van der Waals surface area contributed by atoms with Crippen LogP contribution >= 0.6 is 0 Å². The van der Waals surface area contributed by atoms with E-state index in [2.05, 4.69) is 0 Å². The van der Waals surface area contributed by atoms with E-state index in [4.69, 9.17) is 31.9 Å². The average molecular weight is 236 g/mol. The molecule has 0 saturated heterocycles. The first-order valence-electron chi connectivity index (χ1n) is 3.54. The second-order valence-electron chi connectivity index (χ2n) is 2.84. The normalized spacial score (nSPS) is 11.9. The molecule has 0 amide bonds. The summed E-state index contributed by atoms with van der Waals surface area (Å²) >= 11 is 0. The number of carbonyl (C=O) groups is 4. The summed E-state index contributed by atoms with van der Waals surface area (Å²) < 4.78 is 0. The molecule has 8 N–H and O–H groups in total. The molecule has 0 aliphatic carbocycles. The molecule has 0 atom stereocenters. The van der Waals surface area contributed by atoms with Gasteiger partial charge in [-0.25, -0.2) is 19.2 Å². The van der Waals surface area contributed by atoms with Gasteiger partial charge in [-0.2, -0.15) is 0 Å². The third kappa shape index (κ3) is 1.45. The van der Waals surface area contributed by atoms with E-state index in [9.17, 15) is 19.2 Å². The predicted octanol–water partition coefficient (Wildman–Crippen LogP) is -3.28. The van der Waals surface area contributed by atoms with Crippen LogP contribution in [0.4, 0.5) is 0 Å². The van der Waals surface area contributed by atoms with Crippen molar-refractivity contribution in [3.63, 3.8) is 0 Å². The topological polar surface area (TPSA) is 201 Å². The van der Waals surface area contributed by atoms with E-state index in [1.165, 1.54) is 0 Å². The number of rotatable bonds is 5. The lowest BCUT2D eigenvalue weighted by atomic mass is 9.77. The first-order valence-corrected chi connectivity index (χ1v) is 3.54. The molecule has 0 aromatic rings. The van der Waals surface area contributed by atoms with Gasteiger partial charge in [-0.1, -0.05) is 0 Å². The summed E-state index contributed by atoms with van der Waals surface area (Å²) in [6, 6.07) is 0. The van der Waals surface area contributed by atoms with E-state index in [1.807, 2.05) is 0 Å². The molecule has 0 aliphatic rings. The molecule has 0 rings (SSSR count). The Kier molecular flexibility index (Phi) is 3.23. The van der Waals surface area contributed by atoms with Crippen molar-refractivity contribution in [3.8, 4) is 0 Å². The Bertz CT molecular complexity index is 311. The van der Waals surface area contributed by atoms with Crippen molar-refractivity contribution in [2.75, 3.05) is 0 Å². The van der Waals surface area contributed by atoms with Gasteiger partial charge in [-0.15, -0.1) is 0 Å². The van der Waals surface area contributed by atoms with Crippen molar-refractivity contribution in [1.29, 1.82) is 0 Å². The quantitative estimate of drug-likeness (QED) is 0.262. The highest BCUT2D eigenvalue weighted by atomic mass is 16.4. The zero-order valence-electron chi connectivity index (χ0n) is 7.58. The first kappa shape index (κ1) is 13.8. The van der Waals surface area contributed by atoms with Crippen LogP contribution in [0.1, 0.15) is 0 Å². The Labute approximate surface area is 87.1 Å². The molecule has 0 aliphatic heterocycles. The highest BCUT2D eigenvalue weighted by Crippen LogP contribution is 2.20. The smallest absolute Gasteiger partial charge is 0.338 e. The third-order valence-electron chi connectivity index (χ3n) is 1.97. The fourth-order valence-electron chi connectivity index (χ4n) is 0.858. The van der Waals surface area contributed by atoms with Crippen LogP contribution in [-0.2, 0) is 19.2 Å². The second-order valence-corrected chi connectivity index (χ2v) is 2.84. The zero-order valence-corrected chi connectivity index (χ0v) is 7.58. The van der Waals surface area contributed by atoms with Crippen LogP contribution in [0, 0.1) is 0 Å². The maximum atomic E-state index is 10.6. The molecular formula is C6H8N2O8. The van der Waals surface area contributed by atoms with Gasteiger partial charge in [-0.05, 0) is 0 Å². The maximum absolute atomic E-state index is 10.6. The standard InChI is InChI=1S/C6H8N2O8/c7-5(1(9)10,2(11)12)6(8,3(13)14)4(15)16/h7-8H2,(H,9,10)(H,11,12)(H,13,14)(H,15,16). The molecule has 0 bridgehead atoms. The van der Waals surface area contributed by atoms with Crippen LogP contribution in [0.3, 0.4) is 0 Å². The minimum absolute atomic E-state index is 2.38. The van der Waals surface area contributed by atoms with Crippen LogP contribution < -0.4 is 11.5 Å². The van der Waals surface area contributed by atoms with Gasteiger partial charge in [0, 0.05) is 0 Å². The molecule has 0 unspecified atom stereocenters. The van der Waals surface area contributed by atoms with Crippen LogP contribution in [0.2, 0.25) is 0 Å². The minimum Gasteiger partial charge on any atom is -0.479 e. The van der Waals surface area contributed by atoms with Crippen molar-refractivity contribution in [3.05, 3.63) is 0 Å². The molecule has 0 fully saturated rings. The Morgan fingerprint density at radius 3 is 0.812 bits per heavy atom. The van der Waals surface area contributed by atoms with E-state index in [0.717, 1.165) is 0 Å². The van der Waals surface area contributed by atoms with Gasteiger partial charge in [0.05, 0.1) is 0 Å². The molecule has 10 heteroatoms. The van der Waals surface area contributed by atoms with Crippen molar-refractivity contribution in [2.45, 2.75) is 11.1 Å². The fourth-order valence-corrected chi connectivity index (χ4v) is 0.858. The molecule has 16 heavy (non-hydrogen) atoms. The monoisotopic (exact) mass is 236 g/mol. The van der Waals surface area contributed by atoms with Gasteiger partial charge in [0.1, 0.15) is 0 Å². The number of hydrogen-bond donors (Lipinski definition) is 6. The summed E-state index contributed by atoms with van der Waals surface area (Å²) in [6.45, 7) is 0. The highest BCUT2D eigenvalue weighted by Gasteiger charge is 2.68. The Morgan fingerprint density at radius 1 is 0.625 bits per heavy atom. The van der Waals surface area contributed by atoms with Crippen LogP contribution in [-0.4, -0.2) is 55.4 Å². The predicted molar refractivity (Wildman–Crippen MR) is 44.4 cm³/mol. The molecule has 0 radical (unpaired) electrons. The third-order valence-corrected chi connectivity index (χ3v) is 1.97. The van der Waals surface area contributed by atoms with E-state index in [0.29, 0.717) is 0 Å².